The van der Waals surface area contributed by atoms with Crippen LogP contribution in [0, 0.1) is 21.7 Å². The number of cyclic esters (lactones) is 1. The molecule has 0 bridgehead atoms. The Morgan fingerprint density at radius 2 is 1.66 bits per heavy atom. The highest BCUT2D eigenvalue weighted by Gasteiger charge is 2.31. The lowest BCUT2D eigenvalue weighted by Crippen LogP contribution is -2.26. The first-order valence-corrected chi connectivity index (χ1v) is 13.9. The Hall–Kier alpha value is -3.90. The highest BCUT2D eigenvalue weighted by atomic mass is 32.1. The maximum absolute atomic E-state index is 14.6. The molecule has 0 radical (unpaired) electrons. The molecule has 1 aliphatic heterocycles. The van der Waals surface area contributed by atoms with E-state index in [9.17, 15) is 33.6 Å². The van der Waals surface area contributed by atoms with Gasteiger partial charge in [0.2, 0.25) is 0 Å². The summed E-state index contributed by atoms with van der Waals surface area (Å²) in [5.74, 6) is -2.59. The standard InChI is InChI=1S/C26H29F2N3O4S.C3H4O2/c1-4-5-6-14-30(16-19-21(27)8-7-9-22(19)28)25-23(26(32)33)20(15-29(2)3)24(36-25)17-10-12-18(13-11-17)31(34)35;1-2-3(4)5-2/h7-13H,4-6,14-16H2,1-3H3,(H,32,33);2H,1H3. The largest absolute Gasteiger partial charge is 0.478 e. The van der Waals surface area contributed by atoms with Gasteiger partial charge in [0, 0.05) is 47.8 Å². The minimum Gasteiger partial charge on any atom is -0.478 e. The van der Waals surface area contributed by atoms with E-state index >= 15 is 0 Å². The molecule has 0 aliphatic carbocycles. The third kappa shape index (κ3) is 8.30. The van der Waals surface area contributed by atoms with E-state index in [2.05, 4.69) is 4.74 Å². The van der Waals surface area contributed by atoms with Gasteiger partial charge < -0.3 is 19.6 Å². The van der Waals surface area contributed by atoms with Crippen molar-refractivity contribution < 1.29 is 33.1 Å². The lowest BCUT2D eigenvalue weighted by molar-refractivity contribution is -0.384. The third-order valence-corrected chi connectivity index (χ3v) is 7.66. The molecule has 3 aromatic rings. The number of thiophene rings is 1. The first-order valence-electron chi connectivity index (χ1n) is 13.1. The minimum absolute atomic E-state index is 0.0700. The number of aromatic carboxylic acids is 1. The number of carboxylic acids is 1. The van der Waals surface area contributed by atoms with E-state index in [0.29, 0.717) is 34.1 Å². The molecule has 1 aliphatic rings. The van der Waals surface area contributed by atoms with Gasteiger partial charge in [-0.3, -0.25) is 10.1 Å². The molecule has 1 fully saturated rings. The predicted molar refractivity (Wildman–Crippen MR) is 153 cm³/mol. The predicted octanol–water partition coefficient (Wildman–Crippen LogP) is 6.49. The monoisotopic (exact) mass is 589 g/mol. The van der Waals surface area contributed by atoms with Crippen LogP contribution in [-0.4, -0.2) is 53.6 Å². The van der Waals surface area contributed by atoms with Crippen LogP contribution in [0.25, 0.3) is 10.4 Å². The van der Waals surface area contributed by atoms with Crippen molar-refractivity contribution in [1.82, 2.24) is 4.90 Å². The number of hydrogen-bond acceptors (Lipinski definition) is 8. The Morgan fingerprint density at radius 3 is 2.12 bits per heavy atom. The lowest BCUT2D eigenvalue weighted by Gasteiger charge is -2.25. The average Bonchev–Trinajstić information content (AvgIpc) is 3.42. The molecule has 1 saturated heterocycles. The molecule has 1 atom stereocenters. The van der Waals surface area contributed by atoms with E-state index in [1.807, 2.05) is 25.9 Å². The van der Waals surface area contributed by atoms with Crippen molar-refractivity contribution in [2.24, 2.45) is 0 Å². The Kier molecular flexibility index (Phi) is 10.9. The van der Waals surface area contributed by atoms with E-state index < -0.39 is 22.5 Å². The van der Waals surface area contributed by atoms with Crippen LogP contribution in [0.2, 0.25) is 0 Å². The summed E-state index contributed by atoms with van der Waals surface area (Å²) in [4.78, 5) is 37.1. The number of non-ortho nitro benzene ring substituents is 1. The summed E-state index contributed by atoms with van der Waals surface area (Å²) >= 11 is 1.22. The zero-order valence-corrected chi connectivity index (χ0v) is 24.2. The van der Waals surface area contributed by atoms with Crippen LogP contribution >= 0.6 is 11.3 Å². The van der Waals surface area contributed by atoms with Crippen LogP contribution in [0.1, 0.15) is 54.6 Å². The van der Waals surface area contributed by atoms with Crippen molar-refractivity contribution in [2.75, 3.05) is 25.5 Å². The van der Waals surface area contributed by atoms with Gasteiger partial charge in [0.1, 0.15) is 16.6 Å². The molecule has 0 spiro atoms. The molecule has 1 aromatic heterocycles. The number of carbonyl (C=O) groups is 2. The summed E-state index contributed by atoms with van der Waals surface area (Å²) in [7, 11) is 3.63. The molecule has 41 heavy (non-hydrogen) atoms. The molecule has 12 heteroatoms. The molecule has 0 amide bonds. The zero-order chi connectivity index (χ0) is 30.3. The van der Waals surface area contributed by atoms with Crippen molar-refractivity contribution in [2.45, 2.75) is 52.3 Å². The molecule has 1 unspecified atom stereocenters. The Labute approximate surface area is 241 Å². The number of hydrogen-bond donors (Lipinski definition) is 1. The number of epoxide rings is 1. The zero-order valence-electron chi connectivity index (χ0n) is 23.4. The van der Waals surface area contributed by atoms with Crippen molar-refractivity contribution in [3.05, 3.63) is 80.9 Å². The maximum Gasteiger partial charge on any atom is 0.347 e. The van der Waals surface area contributed by atoms with Crippen LogP contribution in [0.4, 0.5) is 19.5 Å². The van der Waals surface area contributed by atoms with Gasteiger partial charge in [-0.05, 0) is 57.3 Å². The smallest absolute Gasteiger partial charge is 0.347 e. The number of carboxylic acid groups (broad SMARTS) is 1. The third-order valence-electron chi connectivity index (χ3n) is 6.31. The molecule has 4 rings (SSSR count). The second-order valence-electron chi connectivity index (χ2n) is 9.84. The van der Waals surface area contributed by atoms with Gasteiger partial charge >= 0.3 is 11.9 Å². The summed E-state index contributed by atoms with van der Waals surface area (Å²) in [5, 5.41) is 21.8. The first-order chi connectivity index (χ1) is 19.4. The number of unbranched alkanes of at least 4 members (excludes halogenated alkanes) is 2. The number of rotatable bonds is 12. The van der Waals surface area contributed by atoms with Gasteiger partial charge in [0.05, 0.1) is 10.5 Å². The first kappa shape index (κ1) is 31.6. The van der Waals surface area contributed by atoms with Crippen molar-refractivity contribution >= 4 is 34.0 Å². The van der Waals surface area contributed by atoms with E-state index in [4.69, 9.17) is 0 Å². The fraction of sp³-hybridized carbons (Fsp3) is 0.379. The lowest BCUT2D eigenvalue weighted by atomic mass is 10.0. The Morgan fingerprint density at radius 1 is 1.07 bits per heavy atom. The summed E-state index contributed by atoms with van der Waals surface area (Å²) < 4.78 is 33.4. The highest BCUT2D eigenvalue weighted by Crippen LogP contribution is 2.44. The second-order valence-corrected chi connectivity index (χ2v) is 10.8. The fourth-order valence-corrected chi connectivity index (χ4v) is 5.48. The molecular formula is C29H33F2N3O6S. The van der Waals surface area contributed by atoms with Crippen LogP contribution < -0.4 is 4.90 Å². The number of nitrogens with zero attached hydrogens (tertiary/aromatic N) is 3. The molecular weight excluding hydrogens is 556 g/mol. The van der Waals surface area contributed by atoms with E-state index in [-0.39, 0.29) is 35.4 Å². The molecule has 0 saturated carbocycles. The van der Waals surface area contributed by atoms with E-state index in [1.54, 1.807) is 24.0 Å². The van der Waals surface area contributed by atoms with Gasteiger partial charge in [-0.15, -0.1) is 11.3 Å². The fourth-order valence-electron chi connectivity index (χ4n) is 4.15. The van der Waals surface area contributed by atoms with Crippen molar-refractivity contribution in [3.63, 3.8) is 0 Å². The highest BCUT2D eigenvalue weighted by molar-refractivity contribution is 7.20. The normalized spacial score (nSPS) is 13.8. The molecule has 9 nitrogen and oxygen atoms in total. The van der Waals surface area contributed by atoms with Gasteiger partial charge in [0.25, 0.3) is 5.69 Å². The number of anilines is 1. The molecule has 2 heterocycles. The van der Waals surface area contributed by atoms with E-state index in [1.165, 1.54) is 41.7 Å². The van der Waals surface area contributed by atoms with Gasteiger partial charge in [-0.25, -0.2) is 18.4 Å². The number of benzene rings is 2. The van der Waals surface area contributed by atoms with Gasteiger partial charge in [-0.1, -0.05) is 25.8 Å². The van der Waals surface area contributed by atoms with E-state index in [0.717, 1.165) is 19.3 Å². The summed E-state index contributed by atoms with van der Waals surface area (Å²) in [6.07, 6.45) is 2.44. The van der Waals surface area contributed by atoms with Crippen LogP contribution in [0.15, 0.2) is 42.5 Å². The van der Waals surface area contributed by atoms with Crippen LogP contribution in [0.5, 0.6) is 0 Å². The molecule has 2 aromatic carbocycles. The van der Waals surface area contributed by atoms with Gasteiger partial charge in [0.15, 0.2) is 6.10 Å². The number of nitro groups is 1. The average molecular weight is 590 g/mol. The SMILES string of the molecule is CC1OC1=O.CCCCCN(Cc1c(F)cccc1F)c1sc(-c2ccc([N+](=O)[O-])cc2)c(CN(C)C)c1C(=O)O. The Bertz CT molecular complexity index is 1370. The number of carbonyl (C=O) groups excluding carboxylic acids is 1. The number of halogens is 2. The minimum atomic E-state index is -1.14. The van der Waals surface area contributed by atoms with Crippen molar-refractivity contribution in [1.29, 1.82) is 0 Å². The Balaban J connectivity index is 0.000000832. The number of ether oxygens (including phenoxy) is 1. The molecule has 1 N–H and O–H groups in total. The topological polar surface area (TPSA) is 117 Å². The molecule has 220 valence electrons. The van der Waals surface area contributed by atoms with Gasteiger partial charge in [-0.2, -0.15) is 0 Å². The van der Waals surface area contributed by atoms with Crippen LogP contribution in [-0.2, 0) is 22.6 Å². The van der Waals surface area contributed by atoms with Crippen molar-refractivity contribution in [3.8, 4) is 10.4 Å². The maximum atomic E-state index is 14.6. The summed E-state index contributed by atoms with van der Waals surface area (Å²) in [6.45, 7) is 4.37. The van der Waals surface area contributed by atoms with Crippen LogP contribution in [0.3, 0.4) is 0 Å². The quantitative estimate of drug-likeness (QED) is 0.110. The summed E-state index contributed by atoms with van der Waals surface area (Å²) in [5.41, 5.74) is 1.08. The summed E-state index contributed by atoms with van der Waals surface area (Å²) in [6, 6.07) is 9.62. The number of nitro benzene ring substituents is 1. The second kappa shape index (κ2) is 14.1.